The molecule has 0 bridgehead atoms. The molecule has 2 rings (SSSR count). The zero-order chi connectivity index (χ0) is 20.9. The van der Waals surface area contributed by atoms with E-state index in [1.807, 2.05) is 0 Å². The van der Waals surface area contributed by atoms with E-state index in [1.54, 1.807) is 39.0 Å². The van der Waals surface area contributed by atoms with E-state index in [9.17, 15) is 14.4 Å². The van der Waals surface area contributed by atoms with Crippen LogP contribution in [0.1, 0.15) is 48.4 Å². The summed E-state index contributed by atoms with van der Waals surface area (Å²) in [6.07, 6.45) is -0.585. The number of nitrogens with one attached hydrogen (secondary N) is 1. The van der Waals surface area contributed by atoms with Crippen LogP contribution >= 0.6 is 0 Å². The minimum atomic E-state index is -0.606. The van der Waals surface area contributed by atoms with Crippen molar-refractivity contribution in [3.8, 4) is 11.5 Å². The Hall–Kier alpha value is -3.35. The van der Waals surface area contributed by atoms with Gasteiger partial charge in [-0.1, -0.05) is 0 Å². The Balaban J connectivity index is 2.07. The monoisotopic (exact) mass is 385 g/mol. The van der Waals surface area contributed by atoms with Crippen molar-refractivity contribution in [1.82, 2.24) is 0 Å². The van der Waals surface area contributed by atoms with Crippen molar-refractivity contribution >= 4 is 23.5 Å². The fourth-order valence-corrected chi connectivity index (χ4v) is 2.24. The van der Waals surface area contributed by atoms with E-state index in [4.69, 9.17) is 14.2 Å². The summed E-state index contributed by atoms with van der Waals surface area (Å²) in [5.41, 5.74) is 0.612. The quantitative estimate of drug-likeness (QED) is 0.464. The van der Waals surface area contributed by atoms with Gasteiger partial charge < -0.3 is 14.2 Å². The highest BCUT2D eigenvalue weighted by Gasteiger charge is 2.17. The van der Waals surface area contributed by atoms with Gasteiger partial charge in [-0.3, -0.25) is 10.1 Å². The maximum Gasteiger partial charge on any atom is 0.412 e. The fourth-order valence-electron chi connectivity index (χ4n) is 2.24. The van der Waals surface area contributed by atoms with E-state index in [0.29, 0.717) is 11.3 Å². The minimum Gasteiger partial charge on any atom is -0.493 e. The molecular formula is C21H23NO6. The standard InChI is InChI=1S/C21H23NO6/c1-13(23)15-8-11-17(18(12-15)26-5)27-19(24)14-6-9-16(10-7-14)22-20(25)28-21(2,3)4/h6-12H,1-5H3,(H,22,25). The van der Waals surface area contributed by atoms with Crippen molar-refractivity contribution in [2.24, 2.45) is 0 Å². The fraction of sp³-hybridized carbons (Fsp3) is 0.286. The second-order valence-corrected chi connectivity index (χ2v) is 7.02. The molecule has 0 heterocycles. The number of Topliss-reactive ketones (excluding diaryl/α,β-unsaturated/α-hetero) is 1. The lowest BCUT2D eigenvalue weighted by Gasteiger charge is -2.19. The van der Waals surface area contributed by atoms with Crippen LogP contribution in [0.15, 0.2) is 42.5 Å². The lowest BCUT2D eigenvalue weighted by atomic mass is 10.1. The molecule has 0 aliphatic rings. The number of ether oxygens (including phenoxy) is 3. The lowest BCUT2D eigenvalue weighted by Crippen LogP contribution is -2.27. The van der Waals surface area contributed by atoms with Crippen LogP contribution in [-0.4, -0.2) is 30.6 Å². The summed E-state index contributed by atoms with van der Waals surface area (Å²) in [4.78, 5) is 35.6. The molecule has 0 aliphatic heterocycles. The Kier molecular flexibility index (Phi) is 6.41. The number of amides is 1. The number of rotatable bonds is 5. The van der Waals surface area contributed by atoms with Crippen LogP contribution < -0.4 is 14.8 Å². The first-order valence-corrected chi connectivity index (χ1v) is 8.60. The van der Waals surface area contributed by atoms with Crippen LogP contribution in [0.25, 0.3) is 0 Å². The maximum absolute atomic E-state index is 12.4. The summed E-state index contributed by atoms with van der Waals surface area (Å²) in [5.74, 6) is -0.236. The Bertz CT molecular complexity index is 881. The van der Waals surface area contributed by atoms with E-state index >= 15 is 0 Å². The van der Waals surface area contributed by atoms with Gasteiger partial charge in [0.1, 0.15) is 5.60 Å². The van der Waals surface area contributed by atoms with Crippen LogP contribution in [-0.2, 0) is 4.74 Å². The normalized spacial score (nSPS) is 10.8. The maximum atomic E-state index is 12.4. The summed E-state index contributed by atoms with van der Waals surface area (Å²) < 4.78 is 15.7. The van der Waals surface area contributed by atoms with Gasteiger partial charge in [0.2, 0.25) is 0 Å². The number of methoxy groups -OCH3 is 1. The highest BCUT2D eigenvalue weighted by molar-refractivity contribution is 5.95. The molecule has 2 aromatic rings. The van der Waals surface area contributed by atoms with Crippen molar-refractivity contribution in [2.45, 2.75) is 33.3 Å². The van der Waals surface area contributed by atoms with Gasteiger partial charge in [0, 0.05) is 11.3 Å². The molecule has 7 heteroatoms. The van der Waals surface area contributed by atoms with E-state index in [2.05, 4.69) is 5.32 Å². The largest absolute Gasteiger partial charge is 0.493 e. The van der Waals surface area contributed by atoms with Crippen LogP contribution in [0.5, 0.6) is 11.5 Å². The average Bonchev–Trinajstić information content (AvgIpc) is 2.60. The third kappa shape index (κ3) is 5.84. The van der Waals surface area contributed by atoms with Gasteiger partial charge in [0.15, 0.2) is 17.3 Å². The van der Waals surface area contributed by atoms with Gasteiger partial charge in [-0.25, -0.2) is 9.59 Å². The zero-order valence-corrected chi connectivity index (χ0v) is 16.5. The summed E-state index contributed by atoms with van der Waals surface area (Å²) >= 11 is 0. The smallest absolute Gasteiger partial charge is 0.412 e. The molecule has 0 saturated heterocycles. The van der Waals surface area contributed by atoms with Gasteiger partial charge in [-0.2, -0.15) is 0 Å². The van der Waals surface area contributed by atoms with Crippen molar-refractivity contribution in [3.63, 3.8) is 0 Å². The Labute approximate surface area is 163 Å². The predicted molar refractivity (Wildman–Crippen MR) is 104 cm³/mol. The number of ketones is 1. The Morgan fingerprint density at radius 2 is 1.50 bits per heavy atom. The number of hydrogen-bond donors (Lipinski definition) is 1. The van der Waals surface area contributed by atoms with Crippen LogP contribution in [0, 0.1) is 0 Å². The Morgan fingerprint density at radius 3 is 2.04 bits per heavy atom. The topological polar surface area (TPSA) is 90.9 Å². The molecule has 0 atom stereocenters. The predicted octanol–water partition coefficient (Wildman–Crippen LogP) is 4.46. The number of carbonyl (C=O) groups excluding carboxylic acids is 3. The van der Waals surface area contributed by atoms with Crippen LogP contribution in [0.4, 0.5) is 10.5 Å². The number of anilines is 1. The first kappa shape index (κ1) is 21.0. The summed E-state index contributed by atoms with van der Waals surface area (Å²) in [7, 11) is 1.42. The molecule has 28 heavy (non-hydrogen) atoms. The van der Waals surface area contributed by atoms with Crippen molar-refractivity contribution in [1.29, 1.82) is 0 Å². The van der Waals surface area contributed by atoms with Crippen molar-refractivity contribution in [2.75, 3.05) is 12.4 Å². The van der Waals surface area contributed by atoms with Gasteiger partial charge in [0.05, 0.1) is 12.7 Å². The summed E-state index contributed by atoms with van der Waals surface area (Å²) in [6.45, 7) is 6.74. The minimum absolute atomic E-state index is 0.121. The molecule has 1 amide bonds. The van der Waals surface area contributed by atoms with E-state index in [-0.39, 0.29) is 22.8 Å². The number of esters is 1. The second kappa shape index (κ2) is 8.56. The van der Waals surface area contributed by atoms with E-state index in [1.165, 1.54) is 38.3 Å². The van der Waals surface area contributed by atoms with Gasteiger partial charge in [-0.05, 0) is 70.2 Å². The average molecular weight is 385 g/mol. The highest BCUT2D eigenvalue weighted by Crippen LogP contribution is 2.29. The van der Waals surface area contributed by atoms with Crippen molar-refractivity contribution < 1.29 is 28.6 Å². The summed E-state index contributed by atoms with van der Waals surface area (Å²) in [5, 5.41) is 2.58. The van der Waals surface area contributed by atoms with Gasteiger partial charge in [-0.15, -0.1) is 0 Å². The molecule has 148 valence electrons. The number of carbonyl (C=O) groups is 3. The molecule has 1 N–H and O–H groups in total. The first-order chi connectivity index (χ1) is 13.1. The molecule has 0 unspecified atom stereocenters. The van der Waals surface area contributed by atoms with Gasteiger partial charge in [0.25, 0.3) is 0 Å². The third-order valence-corrected chi connectivity index (χ3v) is 3.54. The molecule has 0 spiro atoms. The molecule has 0 saturated carbocycles. The number of benzene rings is 2. The van der Waals surface area contributed by atoms with E-state index < -0.39 is 17.7 Å². The molecule has 0 radical (unpaired) electrons. The van der Waals surface area contributed by atoms with Crippen LogP contribution in [0.3, 0.4) is 0 Å². The molecule has 0 aliphatic carbocycles. The Morgan fingerprint density at radius 1 is 0.893 bits per heavy atom. The van der Waals surface area contributed by atoms with Gasteiger partial charge >= 0.3 is 12.1 Å². The van der Waals surface area contributed by atoms with E-state index in [0.717, 1.165) is 0 Å². The number of hydrogen-bond acceptors (Lipinski definition) is 6. The molecule has 7 nitrogen and oxygen atoms in total. The second-order valence-electron chi connectivity index (χ2n) is 7.02. The molecular weight excluding hydrogens is 362 g/mol. The lowest BCUT2D eigenvalue weighted by molar-refractivity contribution is 0.0635. The highest BCUT2D eigenvalue weighted by atomic mass is 16.6. The zero-order valence-electron chi connectivity index (χ0n) is 16.5. The molecule has 2 aromatic carbocycles. The first-order valence-electron chi connectivity index (χ1n) is 8.60. The SMILES string of the molecule is COc1cc(C(C)=O)ccc1OC(=O)c1ccc(NC(=O)OC(C)(C)C)cc1. The molecule has 0 fully saturated rings. The molecule has 0 aromatic heterocycles. The summed E-state index contributed by atoms with van der Waals surface area (Å²) in [6, 6.07) is 10.7. The van der Waals surface area contributed by atoms with Crippen LogP contribution in [0.2, 0.25) is 0 Å². The van der Waals surface area contributed by atoms with Crippen molar-refractivity contribution in [3.05, 3.63) is 53.6 Å². The third-order valence-electron chi connectivity index (χ3n) is 3.54.